The molecular formula is C22H26N4OS. The largest absolute Gasteiger partial charge is 0.497 e. The van der Waals surface area contributed by atoms with E-state index in [1.54, 1.807) is 7.11 Å². The average Bonchev–Trinajstić information content (AvgIpc) is 3.04. The minimum atomic E-state index is 0.616. The van der Waals surface area contributed by atoms with E-state index in [0.717, 1.165) is 30.2 Å². The van der Waals surface area contributed by atoms with Crippen LogP contribution in [0.1, 0.15) is 12.5 Å². The van der Waals surface area contributed by atoms with Crippen LogP contribution in [-0.2, 0) is 19.8 Å². The second kappa shape index (κ2) is 9.48. The lowest BCUT2D eigenvalue weighted by molar-refractivity contribution is 0.207. The minimum Gasteiger partial charge on any atom is -0.497 e. The van der Waals surface area contributed by atoms with Crippen molar-refractivity contribution in [1.82, 2.24) is 19.2 Å². The molecule has 146 valence electrons. The Bertz CT molecular complexity index is 960. The molecule has 3 rings (SSSR count). The van der Waals surface area contributed by atoms with E-state index in [-0.39, 0.29) is 0 Å². The lowest BCUT2D eigenvalue weighted by Gasteiger charge is -2.20. The lowest BCUT2D eigenvalue weighted by Crippen LogP contribution is -2.26. The summed E-state index contributed by atoms with van der Waals surface area (Å²) in [4.78, 5) is 2.31. The normalized spacial score (nSPS) is 11.0. The van der Waals surface area contributed by atoms with Gasteiger partial charge >= 0.3 is 0 Å². The number of benzene rings is 2. The van der Waals surface area contributed by atoms with Crippen molar-refractivity contribution in [3.63, 3.8) is 0 Å². The molecule has 0 saturated carbocycles. The second-order valence-electron chi connectivity index (χ2n) is 6.51. The SMILES string of the molecule is C=CCn1c(-c2ccc(OC)cc2)nn(CN(CC)Cc2ccccc2)c1=S. The van der Waals surface area contributed by atoms with E-state index in [1.165, 1.54) is 5.56 Å². The second-order valence-corrected chi connectivity index (χ2v) is 6.87. The van der Waals surface area contributed by atoms with Crippen LogP contribution in [0, 0.1) is 4.77 Å². The topological polar surface area (TPSA) is 35.2 Å². The third-order valence-electron chi connectivity index (χ3n) is 4.61. The summed E-state index contributed by atoms with van der Waals surface area (Å²) >= 11 is 5.72. The molecule has 3 aromatic rings. The minimum absolute atomic E-state index is 0.616. The summed E-state index contributed by atoms with van der Waals surface area (Å²) < 4.78 is 9.86. The monoisotopic (exact) mass is 394 g/mol. The first-order valence-corrected chi connectivity index (χ1v) is 9.76. The highest BCUT2D eigenvalue weighted by Crippen LogP contribution is 2.22. The van der Waals surface area contributed by atoms with Crippen molar-refractivity contribution in [3.05, 3.63) is 77.6 Å². The maximum absolute atomic E-state index is 5.72. The predicted octanol–water partition coefficient (Wildman–Crippen LogP) is 4.76. The molecule has 0 aliphatic carbocycles. The van der Waals surface area contributed by atoms with E-state index in [4.69, 9.17) is 22.1 Å². The van der Waals surface area contributed by atoms with E-state index in [0.29, 0.717) is 18.0 Å². The molecule has 28 heavy (non-hydrogen) atoms. The van der Waals surface area contributed by atoms with Gasteiger partial charge in [0.1, 0.15) is 5.75 Å². The number of ether oxygens (including phenoxy) is 1. The summed E-state index contributed by atoms with van der Waals surface area (Å²) in [5, 5.41) is 4.83. The summed E-state index contributed by atoms with van der Waals surface area (Å²) in [6.07, 6.45) is 1.84. The maximum atomic E-state index is 5.72. The fourth-order valence-corrected chi connectivity index (χ4v) is 3.33. The molecular weight excluding hydrogens is 368 g/mol. The summed E-state index contributed by atoms with van der Waals surface area (Å²) in [6, 6.07) is 18.3. The molecule has 0 aliphatic heterocycles. The van der Waals surface area contributed by atoms with Crippen LogP contribution < -0.4 is 4.74 Å². The van der Waals surface area contributed by atoms with Crippen LogP contribution >= 0.6 is 12.2 Å². The molecule has 0 bridgehead atoms. The fraction of sp³-hybridized carbons (Fsp3) is 0.273. The van der Waals surface area contributed by atoms with Crippen molar-refractivity contribution in [3.8, 4) is 17.1 Å². The van der Waals surface area contributed by atoms with Gasteiger partial charge in [-0.1, -0.05) is 43.3 Å². The highest BCUT2D eigenvalue weighted by atomic mass is 32.1. The number of allylic oxidation sites excluding steroid dienone is 1. The zero-order valence-corrected chi connectivity index (χ0v) is 17.2. The number of hydrogen-bond acceptors (Lipinski definition) is 4. The molecule has 0 aliphatic rings. The molecule has 1 heterocycles. The van der Waals surface area contributed by atoms with Gasteiger partial charge in [0.2, 0.25) is 0 Å². The van der Waals surface area contributed by atoms with E-state index in [1.807, 2.05) is 45.7 Å². The number of nitrogens with zero attached hydrogens (tertiary/aromatic N) is 4. The average molecular weight is 395 g/mol. The smallest absolute Gasteiger partial charge is 0.199 e. The molecule has 6 heteroatoms. The first-order chi connectivity index (χ1) is 13.7. The molecule has 0 saturated heterocycles. The summed E-state index contributed by atoms with van der Waals surface area (Å²) in [6.45, 7) is 9.03. The fourth-order valence-electron chi connectivity index (χ4n) is 3.07. The van der Waals surface area contributed by atoms with Crippen molar-refractivity contribution < 1.29 is 4.74 Å². The molecule has 0 spiro atoms. The summed E-state index contributed by atoms with van der Waals surface area (Å²) in [7, 11) is 1.66. The Morgan fingerprint density at radius 3 is 2.46 bits per heavy atom. The van der Waals surface area contributed by atoms with Gasteiger partial charge in [0.15, 0.2) is 10.6 Å². The van der Waals surface area contributed by atoms with Gasteiger partial charge in [-0.2, -0.15) is 5.10 Å². The van der Waals surface area contributed by atoms with E-state index < -0.39 is 0 Å². The van der Waals surface area contributed by atoms with Gasteiger partial charge in [-0.25, -0.2) is 4.68 Å². The summed E-state index contributed by atoms with van der Waals surface area (Å²) in [5.74, 6) is 1.65. The van der Waals surface area contributed by atoms with Crippen LogP contribution in [0.5, 0.6) is 5.75 Å². The quantitative estimate of drug-likeness (QED) is 0.387. The molecule has 0 N–H and O–H groups in total. The van der Waals surface area contributed by atoms with Crippen molar-refractivity contribution in [1.29, 1.82) is 0 Å². The van der Waals surface area contributed by atoms with Crippen LogP contribution in [0.2, 0.25) is 0 Å². The van der Waals surface area contributed by atoms with Crippen LogP contribution in [0.15, 0.2) is 67.3 Å². The number of rotatable bonds is 9. The van der Waals surface area contributed by atoms with E-state index in [9.17, 15) is 0 Å². The van der Waals surface area contributed by atoms with E-state index in [2.05, 4.69) is 42.7 Å². The van der Waals surface area contributed by atoms with Crippen molar-refractivity contribution in [2.45, 2.75) is 26.7 Å². The molecule has 1 aromatic heterocycles. The Morgan fingerprint density at radius 1 is 1.14 bits per heavy atom. The first-order valence-electron chi connectivity index (χ1n) is 9.35. The molecule has 0 amide bonds. The maximum Gasteiger partial charge on any atom is 0.199 e. The Hall–Kier alpha value is -2.70. The first kappa shape index (κ1) is 20.0. The van der Waals surface area contributed by atoms with Crippen LogP contribution in [0.25, 0.3) is 11.4 Å². The Labute approximate surface area is 171 Å². The number of hydrogen-bond donors (Lipinski definition) is 0. The number of methoxy groups -OCH3 is 1. The van der Waals surface area contributed by atoms with Crippen molar-refractivity contribution >= 4 is 12.2 Å². The lowest BCUT2D eigenvalue weighted by atomic mass is 10.2. The molecule has 0 atom stereocenters. The zero-order valence-electron chi connectivity index (χ0n) is 16.4. The van der Waals surface area contributed by atoms with Crippen LogP contribution in [0.4, 0.5) is 0 Å². The van der Waals surface area contributed by atoms with Gasteiger partial charge in [-0.3, -0.25) is 9.47 Å². The Balaban J connectivity index is 1.90. The Morgan fingerprint density at radius 2 is 1.86 bits per heavy atom. The van der Waals surface area contributed by atoms with Crippen LogP contribution in [-0.4, -0.2) is 32.9 Å². The molecule has 0 radical (unpaired) electrons. The highest BCUT2D eigenvalue weighted by Gasteiger charge is 2.14. The predicted molar refractivity (Wildman–Crippen MR) is 116 cm³/mol. The third-order valence-corrected chi connectivity index (χ3v) is 5.04. The van der Waals surface area contributed by atoms with Gasteiger partial charge < -0.3 is 4.74 Å². The standard InChI is InChI=1S/C22H26N4OS/c1-4-15-25-21(19-11-13-20(27-3)14-12-19)23-26(22(25)28)17-24(5-2)16-18-9-7-6-8-10-18/h4,6-14H,1,5,15-17H2,2-3H3. The van der Waals surface area contributed by atoms with Gasteiger partial charge in [-0.15, -0.1) is 6.58 Å². The molecule has 5 nitrogen and oxygen atoms in total. The van der Waals surface area contributed by atoms with Gasteiger partial charge in [0, 0.05) is 18.7 Å². The molecule has 2 aromatic carbocycles. The molecule has 0 unspecified atom stereocenters. The highest BCUT2D eigenvalue weighted by molar-refractivity contribution is 7.71. The van der Waals surface area contributed by atoms with Crippen molar-refractivity contribution in [2.75, 3.05) is 13.7 Å². The third kappa shape index (κ3) is 4.58. The van der Waals surface area contributed by atoms with Gasteiger partial charge in [-0.05, 0) is 48.6 Å². The van der Waals surface area contributed by atoms with Gasteiger partial charge in [0.25, 0.3) is 0 Å². The van der Waals surface area contributed by atoms with E-state index >= 15 is 0 Å². The Kier molecular flexibility index (Phi) is 6.79. The number of aromatic nitrogens is 3. The van der Waals surface area contributed by atoms with Crippen molar-refractivity contribution in [2.24, 2.45) is 0 Å². The summed E-state index contributed by atoms with van der Waals surface area (Å²) in [5.41, 5.74) is 2.27. The van der Waals surface area contributed by atoms with Gasteiger partial charge in [0.05, 0.1) is 13.8 Å². The zero-order chi connectivity index (χ0) is 19.9. The van der Waals surface area contributed by atoms with Crippen LogP contribution in [0.3, 0.4) is 0 Å². The molecule has 0 fully saturated rings.